The van der Waals surface area contributed by atoms with Gasteiger partial charge < -0.3 is 10.1 Å². The van der Waals surface area contributed by atoms with Crippen molar-refractivity contribution < 1.29 is 4.74 Å². The summed E-state index contributed by atoms with van der Waals surface area (Å²) >= 11 is 0. The highest BCUT2D eigenvalue weighted by atomic mass is 16.5. The van der Waals surface area contributed by atoms with E-state index in [1.165, 1.54) is 12.8 Å². The van der Waals surface area contributed by atoms with Gasteiger partial charge >= 0.3 is 0 Å². The largest absolute Gasteiger partial charge is 0.383 e. The van der Waals surface area contributed by atoms with Crippen LogP contribution < -0.4 is 5.32 Å². The topological polar surface area (TPSA) is 24.5 Å². The Morgan fingerprint density at radius 3 is 2.40 bits per heavy atom. The summed E-state index contributed by atoms with van der Waals surface area (Å²) in [7, 11) is 3.82. The van der Waals surface area contributed by atoms with Crippen molar-refractivity contribution in [2.75, 3.05) is 33.9 Å². The van der Waals surface area contributed by atoms with Crippen LogP contribution in [0.5, 0.6) is 0 Å². The summed E-state index contributed by atoms with van der Waals surface area (Å²) in [4.78, 5) is 2.47. The number of ether oxygens (including phenoxy) is 1. The molecule has 0 aromatic carbocycles. The van der Waals surface area contributed by atoms with Crippen molar-refractivity contribution in [1.82, 2.24) is 10.2 Å². The van der Waals surface area contributed by atoms with E-state index in [1.54, 1.807) is 7.11 Å². The van der Waals surface area contributed by atoms with Crippen molar-refractivity contribution >= 4 is 0 Å². The smallest absolute Gasteiger partial charge is 0.0615 e. The van der Waals surface area contributed by atoms with Crippen LogP contribution in [-0.2, 0) is 4.74 Å². The molecule has 2 atom stereocenters. The minimum atomic E-state index is 0.507. The Labute approximate surface area is 95.2 Å². The Balaban J connectivity index is 4.04. The van der Waals surface area contributed by atoms with E-state index < -0.39 is 0 Å². The van der Waals surface area contributed by atoms with Gasteiger partial charge in [-0.05, 0) is 26.9 Å². The molecule has 0 aliphatic heterocycles. The summed E-state index contributed by atoms with van der Waals surface area (Å²) in [6.07, 6.45) is 2.48. The first-order valence-corrected chi connectivity index (χ1v) is 6.09. The van der Waals surface area contributed by atoms with Gasteiger partial charge in [-0.15, -0.1) is 0 Å². The van der Waals surface area contributed by atoms with Crippen LogP contribution in [-0.4, -0.2) is 50.8 Å². The van der Waals surface area contributed by atoms with E-state index in [0.29, 0.717) is 12.1 Å². The van der Waals surface area contributed by atoms with Crippen molar-refractivity contribution in [3.63, 3.8) is 0 Å². The monoisotopic (exact) mass is 216 g/mol. The minimum absolute atomic E-state index is 0.507. The molecule has 0 bridgehead atoms. The highest BCUT2D eigenvalue weighted by Crippen LogP contribution is 2.04. The molecule has 0 fully saturated rings. The number of nitrogens with zero attached hydrogens (tertiary/aromatic N) is 1. The second-order valence-electron chi connectivity index (χ2n) is 4.17. The Hall–Kier alpha value is -0.120. The summed E-state index contributed by atoms with van der Waals surface area (Å²) in [6, 6.07) is 1.11. The molecule has 3 nitrogen and oxygen atoms in total. The fraction of sp³-hybridized carbons (Fsp3) is 1.00. The zero-order chi connectivity index (χ0) is 11.7. The van der Waals surface area contributed by atoms with Crippen LogP contribution in [0.4, 0.5) is 0 Å². The molecule has 0 heterocycles. The first-order chi connectivity index (χ1) is 7.19. The number of rotatable bonds is 9. The van der Waals surface area contributed by atoms with Gasteiger partial charge in [0.25, 0.3) is 0 Å². The van der Waals surface area contributed by atoms with Crippen molar-refractivity contribution in [3.05, 3.63) is 0 Å². The van der Waals surface area contributed by atoms with Crippen LogP contribution in [0.15, 0.2) is 0 Å². The van der Waals surface area contributed by atoms with Gasteiger partial charge in [-0.25, -0.2) is 0 Å². The van der Waals surface area contributed by atoms with Gasteiger partial charge in [0.2, 0.25) is 0 Å². The molecule has 1 N–H and O–H groups in total. The van der Waals surface area contributed by atoms with Crippen LogP contribution in [0.25, 0.3) is 0 Å². The van der Waals surface area contributed by atoms with E-state index in [-0.39, 0.29) is 0 Å². The standard InChI is InChI=1S/C12H28N2O/c1-6-8-12(13-4)9-14(7-2)11(3)10-15-5/h11-13H,6-10H2,1-5H3. The molecule has 0 amide bonds. The molecule has 92 valence electrons. The Morgan fingerprint density at radius 1 is 1.33 bits per heavy atom. The lowest BCUT2D eigenvalue weighted by Crippen LogP contribution is -2.45. The van der Waals surface area contributed by atoms with E-state index in [4.69, 9.17) is 4.74 Å². The SMILES string of the molecule is CCCC(CN(CC)C(C)COC)NC. The van der Waals surface area contributed by atoms with Gasteiger partial charge in [-0.3, -0.25) is 4.90 Å². The third-order valence-corrected chi connectivity index (χ3v) is 2.94. The fourth-order valence-corrected chi connectivity index (χ4v) is 1.93. The van der Waals surface area contributed by atoms with Crippen LogP contribution >= 0.6 is 0 Å². The third kappa shape index (κ3) is 6.13. The van der Waals surface area contributed by atoms with Gasteiger partial charge in [0.05, 0.1) is 6.61 Å². The zero-order valence-corrected chi connectivity index (χ0v) is 11.0. The molecular weight excluding hydrogens is 188 g/mol. The summed E-state index contributed by atoms with van der Waals surface area (Å²) in [5.74, 6) is 0. The van der Waals surface area contributed by atoms with Crippen LogP contribution in [0.1, 0.15) is 33.6 Å². The van der Waals surface area contributed by atoms with E-state index in [2.05, 4.69) is 38.0 Å². The van der Waals surface area contributed by atoms with Gasteiger partial charge in [0, 0.05) is 25.7 Å². The molecule has 0 saturated carbocycles. The Bertz CT molecular complexity index is 142. The lowest BCUT2D eigenvalue weighted by atomic mass is 10.1. The highest BCUT2D eigenvalue weighted by molar-refractivity contribution is 4.73. The molecule has 3 heteroatoms. The maximum Gasteiger partial charge on any atom is 0.0615 e. The molecule has 0 rings (SSSR count). The van der Waals surface area contributed by atoms with Crippen molar-refractivity contribution in [3.8, 4) is 0 Å². The van der Waals surface area contributed by atoms with Crippen molar-refractivity contribution in [1.29, 1.82) is 0 Å². The number of hydrogen-bond donors (Lipinski definition) is 1. The predicted molar refractivity (Wildman–Crippen MR) is 66.3 cm³/mol. The molecule has 2 unspecified atom stereocenters. The number of likely N-dealkylation sites (N-methyl/N-ethyl adjacent to an activating group) is 2. The Kier molecular flexibility index (Phi) is 9.06. The summed E-state index contributed by atoms with van der Waals surface area (Å²) < 4.78 is 5.20. The van der Waals surface area contributed by atoms with Gasteiger partial charge in [0.1, 0.15) is 0 Å². The number of nitrogens with one attached hydrogen (secondary N) is 1. The second kappa shape index (κ2) is 9.13. The number of hydrogen-bond acceptors (Lipinski definition) is 3. The van der Waals surface area contributed by atoms with Crippen molar-refractivity contribution in [2.24, 2.45) is 0 Å². The normalized spacial score (nSPS) is 15.6. The zero-order valence-electron chi connectivity index (χ0n) is 11.0. The third-order valence-electron chi connectivity index (χ3n) is 2.94. The van der Waals surface area contributed by atoms with Crippen LogP contribution in [0.2, 0.25) is 0 Å². The van der Waals surface area contributed by atoms with Crippen molar-refractivity contribution in [2.45, 2.75) is 45.7 Å². The predicted octanol–water partition coefficient (Wildman–Crippen LogP) is 1.73. The lowest BCUT2D eigenvalue weighted by molar-refractivity contribution is 0.0954. The molecule has 0 aromatic rings. The van der Waals surface area contributed by atoms with E-state index >= 15 is 0 Å². The molecular formula is C12H28N2O. The highest BCUT2D eigenvalue weighted by Gasteiger charge is 2.15. The minimum Gasteiger partial charge on any atom is -0.383 e. The maximum atomic E-state index is 5.20. The molecule has 0 radical (unpaired) electrons. The van der Waals surface area contributed by atoms with Gasteiger partial charge in [-0.2, -0.15) is 0 Å². The second-order valence-corrected chi connectivity index (χ2v) is 4.17. The van der Waals surface area contributed by atoms with Gasteiger partial charge in [0.15, 0.2) is 0 Å². The first-order valence-electron chi connectivity index (χ1n) is 6.09. The quantitative estimate of drug-likeness (QED) is 0.635. The summed E-state index contributed by atoms with van der Waals surface area (Å²) in [6.45, 7) is 9.70. The lowest BCUT2D eigenvalue weighted by Gasteiger charge is -2.31. The molecule has 0 aliphatic rings. The molecule has 0 saturated heterocycles. The van der Waals surface area contributed by atoms with Crippen LogP contribution in [0.3, 0.4) is 0 Å². The molecule has 0 aromatic heterocycles. The van der Waals surface area contributed by atoms with Crippen LogP contribution in [0, 0.1) is 0 Å². The molecule has 15 heavy (non-hydrogen) atoms. The summed E-state index contributed by atoms with van der Waals surface area (Å²) in [5, 5.41) is 3.38. The molecule has 0 aliphatic carbocycles. The average molecular weight is 216 g/mol. The summed E-state index contributed by atoms with van der Waals surface area (Å²) in [5.41, 5.74) is 0. The maximum absolute atomic E-state index is 5.20. The first kappa shape index (κ1) is 14.9. The number of methoxy groups -OCH3 is 1. The Morgan fingerprint density at radius 2 is 2.00 bits per heavy atom. The fourth-order valence-electron chi connectivity index (χ4n) is 1.93. The van der Waals surface area contributed by atoms with E-state index in [9.17, 15) is 0 Å². The van der Waals surface area contributed by atoms with E-state index in [1.807, 2.05) is 0 Å². The average Bonchev–Trinajstić information content (AvgIpc) is 2.24. The van der Waals surface area contributed by atoms with Gasteiger partial charge in [-0.1, -0.05) is 20.3 Å². The molecule has 0 spiro atoms. The van der Waals surface area contributed by atoms with E-state index in [0.717, 1.165) is 19.7 Å².